The van der Waals surface area contributed by atoms with E-state index >= 15 is 0 Å². The summed E-state index contributed by atoms with van der Waals surface area (Å²) in [6, 6.07) is 18.4. The van der Waals surface area contributed by atoms with Crippen molar-refractivity contribution in [1.82, 2.24) is 25.3 Å². The SMILES string of the molecule is COc1cc2c(cc1OCCCCCOc1cc3c(cc1OC)C(=O)N1Cc4cc(NC(=O)[C@H](C)NC(=O)[C@@H](NC(=O)CCCCCN5C(=O)C=CC5=O)C(C)C)ccc4C[C@H]1C=N3)N=C[C@@H]1Cc3ccccc3CN1C2=O. The van der Waals surface area contributed by atoms with E-state index in [1.165, 1.54) is 29.7 Å². The minimum atomic E-state index is -0.943. The van der Waals surface area contributed by atoms with Crippen molar-refractivity contribution in [3.05, 3.63) is 112 Å². The molecule has 19 heteroatoms. The van der Waals surface area contributed by atoms with Crippen molar-refractivity contribution in [2.24, 2.45) is 15.9 Å². The Hall–Kier alpha value is -8.35. The zero-order valence-corrected chi connectivity index (χ0v) is 44.7. The van der Waals surface area contributed by atoms with Crippen molar-refractivity contribution in [1.29, 1.82) is 0 Å². The third kappa shape index (κ3) is 12.2. The molecule has 5 aliphatic heterocycles. The van der Waals surface area contributed by atoms with E-state index in [9.17, 15) is 33.6 Å². The second kappa shape index (κ2) is 24.3. The maximum atomic E-state index is 14.3. The summed E-state index contributed by atoms with van der Waals surface area (Å²) in [6.45, 7) is 7.03. The van der Waals surface area contributed by atoms with Gasteiger partial charge in [-0.3, -0.25) is 48.4 Å². The predicted octanol–water partition coefficient (Wildman–Crippen LogP) is 6.97. The number of aliphatic imine (C=N–C) groups is 2. The summed E-state index contributed by atoms with van der Waals surface area (Å²) in [5.74, 6) is -0.664. The summed E-state index contributed by atoms with van der Waals surface area (Å²) >= 11 is 0. The number of anilines is 1. The van der Waals surface area contributed by atoms with Gasteiger partial charge in [-0.1, -0.05) is 50.6 Å². The highest BCUT2D eigenvalue weighted by atomic mass is 16.5. The number of hydrogen-bond donors (Lipinski definition) is 3. The van der Waals surface area contributed by atoms with Gasteiger partial charge in [0, 0.05) is 68.5 Å². The van der Waals surface area contributed by atoms with Crippen molar-refractivity contribution < 1.29 is 52.5 Å². The zero-order valence-electron chi connectivity index (χ0n) is 44.7. The van der Waals surface area contributed by atoms with Gasteiger partial charge in [-0.05, 0) is 104 Å². The van der Waals surface area contributed by atoms with Crippen molar-refractivity contribution in [3.63, 3.8) is 0 Å². The molecule has 3 N–H and O–H groups in total. The van der Waals surface area contributed by atoms with Crippen LogP contribution in [0.15, 0.2) is 88.9 Å². The molecule has 0 fully saturated rings. The average Bonchev–Trinajstić information content (AvgIpc) is 3.69. The highest BCUT2D eigenvalue weighted by Crippen LogP contribution is 2.41. The van der Waals surface area contributed by atoms with Crippen LogP contribution in [0.3, 0.4) is 0 Å². The van der Waals surface area contributed by atoms with Crippen LogP contribution >= 0.6 is 0 Å². The van der Waals surface area contributed by atoms with E-state index < -0.39 is 23.9 Å². The van der Waals surface area contributed by atoms with Crippen molar-refractivity contribution in [2.75, 3.05) is 39.3 Å². The second-order valence-electron chi connectivity index (χ2n) is 20.5. The van der Waals surface area contributed by atoms with Crippen molar-refractivity contribution >= 4 is 70.8 Å². The quantitative estimate of drug-likeness (QED) is 0.0538. The molecule has 0 spiro atoms. The standard InChI is InChI=1S/C59H66N8O11/c1-35(2)55(64-52(68)16-8-6-11-21-65-53(69)19-20-54(65)70)57(72)62-36(3)56(71)63-41-18-17-38-26-43-32-61-47-30-51(49(76-5)28-45(47)59(74)67(43)34-40(38)24-41)78-23-13-7-12-22-77-50-29-46-44(27-48(50)75-4)58(73)66-33-39-15-10-9-14-37(39)25-42(66)31-60-46/h9-10,14-15,17-20,24,27-32,35-36,42-43,55H,6-8,11-13,16,21-23,25-26,33-34H2,1-5H3,(H,62,72)(H,63,71)(H,64,68)/t36-,42-,43-,55-/m0/s1. The summed E-state index contributed by atoms with van der Waals surface area (Å²) in [5.41, 5.74) is 6.59. The van der Waals surface area contributed by atoms with E-state index in [0.29, 0.717) is 109 Å². The van der Waals surface area contributed by atoms with Gasteiger partial charge in [0.25, 0.3) is 23.6 Å². The number of hydrogen-bond acceptors (Lipinski definition) is 13. The van der Waals surface area contributed by atoms with Gasteiger partial charge in [0.15, 0.2) is 23.0 Å². The topological polar surface area (TPSA) is 227 Å². The normalized spacial score (nSPS) is 17.6. The number of rotatable bonds is 22. The molecule has 0 unspecified atom stereocenters. The molecule has 7 amide bonds. The molecule has 4 aromatic rings. The fourth-order valence-electron chi connectivity index (χ4n) is 10.3. The van der Waals surface area contributed by atoms with E-state index in [0.717, 1.165) is 29.5 Å². The van der Waals surface area contributed by atoms with Crippen LogP contribution in [-0.4, -0.2) is 127 Å². The molecule has 0 radical (unpaired) electrons. The smallest absolute Gasteiger partial charge is 0.257 e. The molecule has 4 aromatic carbocycles. The van der Waals surface area contributed by atoms with Crippen LogP contribution in [0.4, 0.5) is 17.1 Å². The van der Waals surface area contributed by atoms with Crippen LogP contribution in [0.5, 0.6) is 23.0 Å². The van der Waals surface area contributed by atoms with Gasteiger partial charge in [-0.15, -0.1) is 0 Å². The number of imide groups is 1. The first-order valence-electron chi connectivity index (χ1n) is 26.7. The van der Waals surface area contributed by atoms with Gasteiger partial charge in [-0.2, -0.15) is 0 Å². The Morgan fingerprint density at radius 3 is 1.74 bits per heavy atom. The van der Waals surface area contributed by atoms with E-state index in [4.69, 9.17) is 28.9 Å². The first kappa shape index (κ1) is 54.4. The Morgan fingerprint density at radius 2 is 1.17 bits per heavy atom. The summed E-state index contributed by atoms with van der Waals surface area (Å²) in [4.78, 5) is 105. The van der Waals surface area contributed by atoms with Gasteiger partial charge in [-0.25, -0.2) is 0 Å². The summed E-state index contributed by atoms with van der Waals surface area (Å²) in [7, 11) is 3.08. The first-order valence-corrected chi connectivity index (χ1v) is 26.7. The lowest BCUT2D eigenvalue weighted by atomic mass is 9.93. The van der Waals surface area contributed by atoms with E-state index in [2.05, 4.69) is 28.1 Å². The minimum absolute atomic E-state index is 0.0885. The molecule has 0 saturated heterocycles. The Labute approximate surface area is 453 Å². The van der Waals surface area contributed by atoms with Gasteiger partial charge in [0.2, 0.25) is 17.7 Å². The predicted molar refractivity (Wildman–Crippen MR) is 292 cm³/mol. The van der Waals surface area contributed by atoms with Gasteiger partial charge in [0.1, 0.15) is 12.1 Å². The Kier molecular flexibility index (Phi) is 17.0. The van der Waals surface area contributed by atoms with Crippen LogP contribution in [0.1, 0.15) is 109 Å². The van der Waals surface area contributed by atoms with E-state index in [-0.39, 0.29) is 67.0 Å². The van der Waals surface area contributed by atoms with Crippen LogP contribution in [-0.2, 0) is 49.9 Å². The fraction of sp³-hybridized carbons (Fsp3) is 0.407. The molecule has 0 bridgehead atoms. The molecular formula is C59H66N8O11. The highest BCUT2D eigenvalue weighted by molar-refractivity contribution is 6.13. The number of fused-ring (bicyclic) bond motifs is 6. The summed E-state index contributed by atoms with van der Waals surface area (Å²) in [5, 5.41) is 8.42. The third-order valence-corrected chi connectivity index (χ3v) is 14.8. The number of carbonyl (C=O) groups excluding carboxylic acids is 7. The highest BCUT2D eigenvalue weighted by Gasteiger charge is 2.36. The average molecular weight is 1060 g/mol. The maximum absolute atomic E-state index is 14.3. The first-order chi connectivity index (χ1) is 37.7. The lowest BCUT2D eigenvalue weighted by Gasteiger charge is -2.34. The fourth-order valence-corrected chi connectivity index (χ4v) is 10.3. The molecule has 408 valence electrons. The molecular weight excluding hydrogens is 997 g/mol. The number of nitrogens with one attached hydrogen (secondary N) is 3. The molecule has 9 rings (SSSR count). The lowest BCUT2D eigenvalue weighted by Crippen LogP contribution is -2.53. The molecule has 5 heterocycles. The van der Waals surface area contributed by atoms with Crippen LogP contribution in [0.2, 0.25) is 0 Å². The van der Waals surface area contributed by atoms with Crippen molar-refractivity contribution in [3.8, 4) is 23.0 Å². The molecule has 19 nitrogen and oxygen atoms in total. The number of amides is 7. The van der Waals surface area contributed by atoms with Gasteiger partial charge >= 0.3 is 0 Å². The van der Waals surface area contributed by atoms with Gasteiger partial charge in [0.05, 0.1) is 62.0 Å². The van der Waals surface area contributed by atoms with Crippen LogP contribution in [0, 0.1) is 5.92 Å². The van der Waals surface area contributed by atoms with E-state index in [1.54, 1.807) is 69.3 Å². The number of carbonyl (C=O) groups is 7. The van der Waals surface area contributed by atoms with E-state index in [1.807, 2.05) is 35.4 Å². The summed E-state index contributed by atoms with van der Waals surface area (Å²) < 4.78 is 23.8. The number of methoxy groups -OCH3 is 2. The summed E-state index contributed by atoms with van der Waals surface area (Å²) in [6.07, 6.45) is 11.4. The second-order valence-corrected chi connectivity index (χ2v) is 20.5. The molecule has 0 saturated carbocycles. The molecule has 5 aliphatic rings. The number of nitrogens with zero attached hydrogens (tertiary/aromatic N) is 5. The number of ether oxygens (including phenoxy) is 4. The van der Waals surface area contributed by atoms with Crippen LogP contribution in [0.25, 0.3) is 0 Å². The maximum Gasteiger partial charge on any atom is 0.257 e. The monoisotopic (exact) mass is 1060 g/mol. The molecule has 4 atom stereocenters. The number of benzene rings is 4. The largest absolute Gasteiger partial charge is 0.493 e. The zero-order chi connectivity index (χ0) is 55.0. The minimum Gasteiger partial charge on any atom is -0.493 e. The van der Waals surface area contributed by atoms with Crippen molar-refractivity contribution in [2.45, 2.75) is 116 Å². The Balaban J connectivity index is 0.732. The molecule has 0 aromatic heterocycles. The van der Waals surface area contributed by atoms with Crippen LogP contribution < -0.4 is 34.9 Å². The number of unbranched alkanes of at least 4 members (excludes halogenated alkanes) is 4. The van der Waals surface area contributed by atoms with Gasteiger partial charge < -0.3 is 44.7 Å². The Morgan fingerprint density at radius 1 is 0.615 bits per heavy atom. The molecule has 0 aliphatic carbocycles. The Bertz CT molecular complexity index is 3080. The lowest BCUT2D eigenvalue weighted by molar-refractivity contribution is -0.137. The molecule has 78 heavy (non-hydrogen) atoms. The third-order valence-electron chi connectivity index (χ3n) is 14.8.